The number of aliphatic hydroxyl groups is 1. The average molecular weight is 498 g/mol. The Morgan fingerprint density at radius 2 is 1.89 bits per heavy atom. The molecule has 2 aliphatic rings. The zero-order valence-electron chi connectivity index (χ0n) is 19.6. The largest absolute Gasteiger partial charge is 0.387 e. The van der Waals surface area contributed by atoms with Gasteiger partial charge in [-0.05, 0) is 49.4 Å². The molecule has 1 saturated heterocycles. The number of carbonyl (C=O) groups excluding carboxylic acids is 1. The monoisotopic (exact) mass is 497 g/mol. The van der Waals surface area contributed by atoms with Crippen molar-refractivity contribution in [2.45, 2.75) is 38.3 Å². The second-order valence-electron chi connectivity index (χ2n) is 9.52. The number of piperidine rings is 1. The Bertz CT molecular complexity index is 1300. The van der Waals surface area contributed by atoms with Crippen LogP contribution in [0.15, 0.2) is 36.5 Å². The number of anilines is 2. The number of amides is 1. The van der Waals surface area contributed by atoms with Crippen molar-refractivity contribution < 1.29 is 23.1 Å². The van der Waals surface area contributed by atoms with Gasteiger partial charge < -0.3 is 21.1 Å². The highest BCUT2D eigenvalue weighted by atomic mass is 19.1. The van der Waals surface area contributed by atoms with Crippen LogP contribution in [0.3, 0.4) is 0 Å². The summed E-state index contributed by atoms with van der Waals surface area (Å²) in [5, 5.41) is 13.2. The van der Waals surface area contributed by atoms with Gasteiger partial charge >= 0.3 is 0 Å². The van der Waals surface area contributed by atoms with E-state index >= 15 is 0 Å². The Morgan fingerprint density at radius 3 is 2.61 bits per heavy atom. The number of benzene rings is 1. The lowest BCUT2D eigenvalue weighted by Gasteiger charge is -2.38. The van der Waals surface area contributed by atoms with Crippen LogP contribution in [0, 0.1) is 23.4 Å². The summed E-state index contributed by atoms with van der Waals surface area (Å²) in [6, 6.07) is 5.20. The summed E-state index contributed by atoms with van der Waals surface area (Å²) in [7, 11) is 0. The second kappa shape index (κ2) is 9.51. The molecule has 0 radical (unpaired) electrons. The predicted molar refractivity (Wildman–Crippen MR) is 129 cm³/mol. The van der Waals surface area contributed by atoms with Gasteiger partial charge in [0.25, 0.3) is 5.91 Å². The first kappa shape index (κ1) is 24.2. The number of halogens is 3. The van der Waals surface area contributed by atoms with Crippen LogP contribution in [-0.2, 0) is 6.42 Å². The van der Waals surface area contributed by atoms with E-state index < -0.39 is 40.7 Å². The molecule has 7 nitrogen and oxygen atoms in total. The molecule has 1 fully saturated rings. The molecule has 0 spiro atoms. The first-order valence-corrected chi connectivity index (χ1v) is 11.9. The number of fused-ring (bicyclic) bond motifs is 1. The number of hydrogen-bond acceptors (Lipinski definition) is 6. The van der Waals surface area contributed by atoms with Crippen LogP contribution in [-0.4, -0.2) is 40.1 Å². The Labute approximate surface area is 206 Å². The van der Waals surface area contributed by atoms with Crippen LogP contribution in [0.4, 0.5) is 24.5 Å². The van der Waals surface area contributed by atoms with Gasteiger partial charge in [0.1, 0.15) is 28.8 Å². The highest BCUT2D eigenvalue weighted by molar-refractivity contribution is 6.05. The molecule has 5 rings (SSSR count). The molecule has 3 aromatic rings. The maximum absolute atomic E-state index is 14.5. The molecule has 36 heavy (non-hydrogen) atoms. The molecule has 1 unspecified atom stereocenters. The van der Waals surface area contributed by atoms with E-state index in [1.165, 1.54) is 6.20 Å². The predicted octanol–water partition coefficient (Wildman–Crippen LogP) is 3.97. The molecule has 10 heteroatoms. The quantitative estimate of drug-likeness (QED) is 0.504. The Kier molecular flexibility index (Phi) is 6.40. The third kappa shape index (κ3) is 4.42. The molecule has 3 heterocycles. The van der Waals surface area contributed by atoms with E-state index in [0.717, 1.165) is 48.0 Å². The van der Waals surface area contributed by atoms with Crippen LogP contribution in [0.25, 0.3) is 11.3 Å². The first-order valence-electron chi connectivity index (χ1n) is 11.9. The zero-order valence-corrected chi connectivity index (χ0v) is 19.6. The van der Waals surface area contributed by atoms with Gasteiger partial charge in [0.2, 0.25) is 0 Å². The van der Waals surface area contributed by atoms with E-state index in [0.29, 0.717) is 43.2 Å². The third-order valence-corrected chi connectivity index (χ3v) is 6.70. The summed E-state index contributed by atoms with van der Waals surface area (Å²) in [6.45, 7) is 3.40. The minimum absolute atomic E-state index is 0.0515. The summed E-state index contributed by atoms with van der Waals surface area (Å²) >= 11 is 0. The maximum Gasteiger partial charge on any atom is 0.274 e. The summed E-state index contributed by atoms with van der Waals surface area (Å²) in [5.74, 6) is -3.30. The molecule has 1 amide bonds. The van der Waals surface area contributed by atoms with Gasteiger partial charge in [-0.3, -0.25) is 9.78 Å². The lowest BCUT2D eigenvalue weighted by Crippen LogP contribution is -2.47. The maximum atomic E-state index is 14.5. The van der Waals surface area contributed by atoms with Crippen molar-refractivity contribution in [1.82, 2.24) is 9.97 Å². The van der Waals surface area contributed by atoms with E-state index in [2.05, 4.69) is 27.1 Å². The van der Waals surface area contributed by atoms with E-state index in [1.54, 1.807) is 0 Å². The molecule has 1 aliphatic carbocycles. The fourth-order valence-corrected chi connectivity index (χ4v) is 5.20. The lowest BCUT2D eigenvalue weighted by atomic mass is 9.95. The van der Waals surface area contributed by atoms with Crippen molar-refractivity contribution >= 4 is 17.3 Å². The molecular weight excluding hydrogens is 471 g/mol. The Morgan fingerprint density at radius 1 is 1.14 bits per heavy atom. The standard InChI is InChI=1S/C26H26F3N5O2/c1-13-9-14(30)12-34(11-13)25-15-5-8-21(35)23(15)31-10-20(25)33-26(36)19-7-6-18(29)24(32-19)22-16(27)3-2-4-17(22)28/h2-4,6-7,10,13-14,21,35H,5,8-9,11-12,30H2,1H3,(H,33,36)/t13-,14+,21?/m1/s1. The number of hydrogen-bond donors (Lipinski definition) is 3. The van der Waals surface area contributed by atoms with Gasteiger partial charge in [-0.25, -0.2) is 18.2 Å². The number of carbonyl (C=O) groups is 1. The van der Waals surface area contributed by atoms with Crippen LogP contribution in [0.2, 0.25) is 0 Å². The molecule has 3 atom stereocenters. The first-order chi connectivity index (χ1) is 17.2. The van der Waals surface area contributed by atoms with Crippen molar-refractivity contribution in [1.29, 1.82) is 0 Å². The average Bonchev–Trinajstić information content (AvgIpc) is 3.19. The normalized spacial score (nSPS) is 21.4. The fourth-order valence-electron chi connectivity index (χ4n) is 5.20. The van der Waals surface area contributed by atoms with Crippen molar-refractivity contribution in [2.75, 3.05) is 23.3 Å². The lowest BCUT2D eigenvalue weighted by molar-refractivity contribution is 0.102. The van der Waals surface area contributed by atoms with Crippen LogP contribution in [0.5, 0.6) is 0 Å². The van der Waals surface area contributed by atoms with E-state index in [-0.39, 0.29) is 11.7 Å². The molecular formula is C26H26F3N5O2. The minimum atomic E-state index is -0.988. The van der Waals surface area contributed by atoms with Gasteiger partial charge in [0.05, 0.1) is 34.9 Å². The number of aromatic nitrogens is 2. The van der Waals surface area contributed by atoms with Gasteiger partial charge in [-0.2, -0.15) is 0 Å². The van der Waals surface area contributed by atoms with Crippen LogP contribution >= 0.6 is 0 Å². The van der Waals surface area contributed by atoms with Crippen molar-refractivity contribution in [3.05, 3.63) is 70.9 Å². The fraction of sp³-hybridized carbons (Fsp3) is 0.346. The van der Waals surface area contributed by atoms with E-state index in [4.69, 9.17) is 5.73 Å². The zero-order chi connectivity index (χ0) is 25.6. The van der Waals surface area contributed by atoms with Gasteiger partial charge in [-0.15, -0.1) is 0 Å². The molecule has 4 N–H and O–H groups in total. The third-order valence-electron chi connectivity index (χ3n) is 6.70. The molecule has 1 aromatic carbocycles. The summed E-state index contributed by atoms with van der Waals surface area (Å²) in [5.41, 5.74) is 7.39. The van der Waals surface area contributed by atoms with Gasteiger partial charge in [-0.1, -0.05) is 13.0 Å². The highest BCUT2D eigenvalue weighted by Crippen LogP contribution is 2.41. The summed E-state index contributed by atoms with van der Waals surface area (Å²) in [4.78, 5) is 23.6. The van der Waals surface area contributed by atoms with E-state index in [9.17, 15) is 23.1 Å². The van der Waals surface area contributed by atoms with Gasteiger partial charge in [0, 0.05) is 24.7 Å². The number of nitrogens with zero attached hydrogens (tertiary/aromatic N) is 3. The summed E-state index contributed by atoms with van der Waals surface area (Å²) < 4.78 is 43.1. The smallest absolute Gasteiger partial charge is 0.274 e. The van der Waals surface area contributed by atoms with Crippen LogP contribution < -0.4 is 16.0 Å². The van der Waals surface area contributed by atoms with Crippen LogP contribution in [0.1, 0.15) is 47.6 Å². The van der Waals surface area contributed by atoms with Crippen molar-refractivity contribution in [3.8, 4) is 11.3 Å². The number of nitrogens with two attached hydrogens (primary N) is 1. The Balaban J connectivity index is 1.52. The number of aliphatic hydroxyl groups excluding tert-OH is 1. The second-order valence-corrected chi connectivity index (χ2v) is 9.52. The SMILES string of the molecule is C[C@@H]1C[C@H](N)CN(c2c(NC(=O)c3ccc(F)c(-c4c(F)cccc4F)n3)cnc3c2CCC3O)C1. The molecule has 2 aromatic heterocycles. The highest BCUT2D eigenvalue weighted by Gasteiger charge is 2.32. The van der Waals surface area contributed by atoms with Crippen molar-refractivity contribution in [2.24, 2.45) is 11.7 Å². The van der Waals surface area contributed by atoms with Gasteiger partial charge in [0.15, 0.2) is 0 Å². The molecule has 188 valence electrons. The molecule has 1 aliphatic heterocycles. The number of pyridine rings is 2. The van der Waals surface area contributed by atoms with E-state index in [1.807, 2.05) is 0 Å². The minimum Gasteiger partial charge on any atom is -0.387 e. The number of rotatable bonds is 4. The molecule has 0 bridgehead atoms. The summed E-state index contributed by atoms with van der Waals surface area (Å²) in [6.07, 6.45) is 2.79. The Hall–Kier alpha value is -3.50. The van der Waals surface area contributed by atoms with Crippen molar-refractivity contribution in [3.63, 3.8) is 0 Å². The topological polar surface area (TPSA) is 104 Å². The number of nitrogens with one attached hydrogen (secondary N) is 1. The molecule has 0 saturated carbocycles.